The van der Waals surface area contributed by atoms with Gasteiger partial charge in [-0.15, -0.1) is 0 Å². The maximum absolute atomic E-state index is 2.56. The molecular weight excluding hydrogens is 507 g/mol. The van der Waals surface area contributed by atoms with Gasteiger partial charge in [0.05, 0.1) is 0 Å². The number of aryl methyl sites for hydroxylation is 1. The fourth-order valence-electron chi connectivity index (χ4n) is 6.86. The summed E-state index contributed by atoms with van der Waals surface area (Å²) in [6.07, 6.45) is 4.41. The summed E-state index contributed by atoms with van der Waals surface area (Å²) < 4.78 is 0. The molecule has 2 nitrogen and oxygen atoms in total. The summed E-state index contributed by atoms with van der Waals surface area (Å²) >= 11 is 0. The van der Waals surface area contributed by atoms with Gasteiger partial charge >= 0.3 is 0 Å². The molecule has 214 valence electrons. The van der Waals surface area contributed by atoms with E-state index in [4.69, 9.17) is 0 Å². The van der Waals surface area contributed by atoms with E-state index in [2.05, 4.69) is 157 Å². The van der Waals surface area contributed by atoms with E-state index in [1.165, 1.54) is 67.2 Å². The number of hydrogen-bond donors (Lipinski definition) is 0. The van der Waals surface area contributed by atoms with Crippen molar-refractivity contribution in [2.24, 2.45) is 0 Å². The lowest BCUT2D eigenvalue weighted by Gasteiger charge is -2.45. The topological polar surface area (TPSA) is 6.48 Å². The molecule has 4 aromatic rings. The van der Waals surface area contributed by atoms with Crippen LogP contribution in [0.3, 0.4) is 0 Å². The molecule has 0 unspecified atom stereocenters. The Morgan fingerprint density at radius 2 is 1.24 bits per heavy atom. The molecule has 0 atom stereocenters. The highest BCUT2D eigenvalue weighted by atomic mass is 15.2. The molecule has 0 spiro atoms. The molecule has 0 radical (unpaired) electrons. The van der Waals surface area contributed by atoms with Crippen LogP contribution in [0.2, 0.25) is 0 Å². The molecule has 0 saturated carbocycles. The number of para-hydroxylation sites is 2. The molecule has 42 heavy (non-hydrogen) atoms. The number of nitrogens with zero attached hydrogens (tertiary/aromatic N) is 2. The van der Waals surface area contributed by atoms with Gasteiger partial charge in [-0.1, -0.05) is 104 Å². The second-order valence-corrected chi connectivity index (χ2v) is 14.2. The van der Waals surface area contributed by atoms with Gasteiger partial charge in [-0.3, -0.25) is 0 Å². The summed E-state index contributed by atoms with van der Waals surface area (Å²) in [5.41, 5.74) is 16.1. The molecule has 2 heterocycles. The number of allylic oxidation sites excluding steroid dienone is 2. The average molecular weight is 553 g/mol. The fraction of sp³-hybridized carbons (Fsp3) is 0.333. The van der Waals surface area contributed by atoms with Crippen molar-refractivity contribution in [3.8, 4) is 0 Å². The Bertz CT molecular complexity index is 1670. The van der Waals surface area contributed by atoms with Crippen molar-refractivity contribution in [3.05, 3.63) is 107 Å². The van der Waals surface area contributed by atoms with Crippen molar-refractivity contribution in [2.45, 2.75) is 86.0 Å². The molecule has 4 aromatic carbocycles. The Hall–Kier alpha value is -3.72. The van der Waals surface area contributed by atoms with Crippen LogP contribution < -0.4 is 26.2 Å². The van der Waals surface area contributed by atoms with Crippen LogP contribution in [0.4, 0.5) is 28.4 Å². The zero-order chi connectivity index (χ0) is 30.0. The molecule has 2 aliphatic rings. The molecule has 0 N–H and O–H groups in total. The van der Waals surface area contributed by atoms with Crippen molar-refractivity contribution in [2.75, 3.05) is 9.80 Å². The van der Waals surface area contributed by atoms with Crippen molar-refractivity contribution >= 4 is 51.5 Å². The van der Waals surface area contributed by atoms with E-state index < -0.39 is 0 Å². The van der Waals surface area contributed by atoms with Crippen molar-refractivity contribution in [1.29, 1.82) is 0 Å². The van der Waals surface area contributed by atoms with E-state index >= 15 is 0 Å². The first-order valence-electron chi connectivity index (χ1n) is 15.7. The highest BCUT2D eigenvalue weighted by Crippen LogP contribution is 2.45. The Morgan fingerprint density at radius 1 is 0.690 bits per heavy atom. The van der Waals surface area contributed by atoms with E-state index in [0.29, 0.717) is 0 Å². The highest BCUT2D eigenvalue weighted by molar-refractivity contribution is 7.00. The van der Waals surface area contributed by atoms with Gasteiger partial charge in [0.15, 0.2) is 0 Å². The van der Waals surface area contributed by atoms with Crippen LogP contribution >= 0.6 is 0 Å². The first-order valence-corrected chi connectivity index (χ1v) is 15.7. The summed E-state index contributed by atoms with van der Waals surface area (Å²) in [4.78, 5) is 5.11. The van der Waals surface area contributed by atoms with Gasteiger partial charge in [0.2, 0.25) is 0 Å². The van der Waals surface area contributed by atoms with Crippen LogP contribution in [-0.2, 0) is 10.8 Å². The van der Waals surface area contributed by atoms with Gasteiger partial charge in [-0.25, -0.2) is 0 Å². The minimum Gasteiger partial charge on any atom is -0.315 e. The third kappa shape index (κ3) is 4.58. The van der Waals surface area contributed by atoms with E-state index in [-0.39, 0.29) is 17.5 Å². The molecule has 0 aromatic heterocycles. The highest BCUT2D eigenvalue weighted by Gasteiger charge is 2.43. The van der Waals surface area contributed by atoms with Crippen molar-refractivity contribution < 1.29 is 0 Å². The van der Waals surface area contributed by atoms with E-state index in [0.717, 1.165) is 12.8 Å². The summed E-state index contributed by atoms with van der Waals surface area (Å²) in [6, 6.07) is 30.3. The predicted molar refractivity (Wildman–Crippen MR) is 185 cm³/mol. The van der Waals surface area contributed by atoms with Gasteiger partial charge in [0.25, 0.3) is 6.71 Å². The quantitative estimate of drug-likeness (QED) is 0.205. The lowest BCUT2D eigenvalue weighted by atomic mass is 9.33. The summed E-state index contributed by atoms with van der Waals surface area (Å²) in [7, 11) is 0. The van der Waals surface area contributed by atoms with Gasteiger partial charge in [0.1, 0.15) is 0 Å². The lowest BCUT2D eigenvalue weighted by molar-refractivity contribution is 0.569. The molecule has 3 heteroatoms. The second-order valence-electron chi connectivity index (χ2n) is 14.2. The number of hydrogen-bond acceptors (Lipinski definition) is 2. The minimum atomic E-state index is 0.0383. The van der Waals surface area contributed by atoms with Gasteiger partial charge in [0, 0.05) is 34.1 Å². The van der Waals surface area contributed by atoms with Crippen LogP contribution in [0, 0.1) is 6.92 Å². The molecule has 2 aliphatic heterocycles. The minimum absolute atomic E-state index is 0.0383. The first kappa shape index (κ1) is 28.4. The standard InChI is InChI=1S/C39H45BN2/c1-10-16-29(11-2)41-33-19-14-12-17-31(33)40-32-18-13-15-20-34(32)42(36-22-26(3)21-35(41)37(36)40)30-24-27(38(4,5)6)23-28(25-30)39(7,8)9/h12-25H,10-11H2,1-9H3/b29-16+. The van der Waals surface area contributed by atoms with Crippen LogP contribution in [0.1, 0.15) is 84.9 Å². The zero-order valence-electron chi connectivity index (χ0n) is 27.0. The number of anilines is 5. The summed E-state index contributed by atoms with van der Waals surface area (Å²) in [5.74, 6) is 0. The lowest BCUT2D eigenvalue weighted by Crippen LogP contribution is -2.61. The Balaban J connectivity index is 1.72. The molecule has 0 bridgehead atoms. The fourth-order valence-corrected chi connectivity index (χ4v) is 6.86. The van der Waals surface area contributed by atoms with Gasteiger partial charge < -0.3 is 9.80 Å². The maximum Gasteiger partial charge on any atom is 0.252 e. The first-order chi connectivity index (χ1) is 19.9. The molecule has 0 fully saturated rings. The predicted octanol–water partition coefficient (Wildman–Crippen LogP) is 9.04. The maximum atomic E-state index is 2.56. The smallest absolute Gasteiger partial charge is 0.252 e. The molecular formula is C39H45BN2. The average Bonchev–Trinajstić information content (AvgIpc) is 2.94. The Morgan fingerprint density at radius 3 is 1.81 bits per heavy atom. The third-order valence-corrected chi connectivity index (χ3v) is 9.03. The Kier molecular flexibility index (Phi) is 6.92. The van der Waals surface area contributed by atoms with Crippen LogP contribution in [-0.4, -0.2) is 6.71 Å². The Labute approximate surface area is 254 Å². The summed E-state index contributed by atoms with van der Waals surface area (Å²) in [5, 5.41) is 0. The number of benzene rings is 4. The second kappa shape index (κ2) is 10.2. The molecule has 0 aliphatic carbocycles. The normalized spacial score (nSPS) is 14.5. The largest absolute Gasteiger partial charge is 0.315 e. The van der Waals surface area contributed by atoms with Gasteiger partial charge in [-0.05, 0) is 100 Å². The molecule has 0 amide bonds. The van der Waals surface area contributed by atoms with E-state index in [1.807, 2.05) is 0 Å². The SMILES string of the molecule is CC/C=C(\CC)N1c2ccccc2B2c3ccccc3N(c3cc(C(C)(C)C)cc(C(C)(C)C)c3)c3cc(C)cc1c32. The van der Waals surface area contributed by atoms with Crippen molar-refractivity contribution in [1.82, 2.24) is 0 Å². The van der Waals surface area contributed by atoms with Crippen LogP contribution in [0.25, 0.3) is 0 Å². The third-order valence-electron chi connectivity index (χ3n) is 9.03. The zero-order valence-corrected chi connectivity index (χ0v) is 27.0. The van der Waals surface area contributed by atoms with Crippen LogP contribution in [0.15, 0.2) is 90.6 Å². The van der Waals surface area contributed by atoms with Crippen molar-refractivity contribution in [3.63, 3.8) is 0 Å². The molecule has 0 saturated heterocycles. The number of rotatable bonds is 4. The number of fused-ring (bicyclic) bond motifs is 4. The summed E-state index contributed by atoms with van der Waals surface area (Å²) in [6.45, 7) is 20.9. The van der Waals surface area contributed by atoms with Gasteiger partial charge in [-0.2, -0.15) is 0 Å². The van der Waals surface area contributed by atoms with E-state index in [9.17, 15) is 0 Å². The monoisotopic (exact) mass is 552 g/mol. The molecule has 6 rings (SSSR count). The van der Waals surface area contributed by atoms with Crippen LogP contribution in [0.5, 0.6) is 0 Å². The van der Waals surface area contributed by atoms with E-state index in [1.54, 1.807) is 0 Å².